The zero-order valence-corrected chi connectivity index (χ0v) is 8.90. The fourth-order valence-electron chi connectivity index (χ4n) is 1.12. The molecule has 7 nitrogen and oxygen atoms in total. The molecule has 0 unspecified atom stereocenters. The van der Waals surface area contributed by atoms with E-state index in [0.29, 0.717) is 11.3 Å². The molecule has 0 saturated carbocycles. The van der Waals surface area contributed by atoms with Crippen LogP contribution >= 0.6 is 0 Å². The third-order valence-corrected chi connectivity index (χ3v) is 1.89. The van der Waals surface area contributed by atoms with Gasteiger partial charge in [0.15, 0.2) is 0 Å². The number of nitrogens with two attached hydrogens (primary N) is 2. The molecular weight excluding hydrogens is 224 g/mol. The normalized spacial score (nSPS) is 9.41. The van der Waals surface area contributed by atoms with Gasteiger partial charge in [0.25, 0.3) is 0 Å². The summed E-state index contributed by atoms with van der Waals surface area (Å²) in [5.41, 5.74) is 10.8. The van der Waals surface area contributed by atoms with Gasteiger partial charge in [-0.15, -0.1) is 0 Å². The number of hydrogen-bond acceptors (Lipinski definition) is 4. The van der Waals surface area contributed by atoms with Gasteiger partial charge in [-0.25, -0.2) is 4.79 Å². The van der Waals surface area contributed by atoms with E-state index in [0.717, 1.165) is 0 Å². The van der Waals surface area contributed by atoms with E-state index >= 15 is 0 Å². The van der Waals surface area contributed by atoms with Crippen molar-refractivity contribution in [3.05, 3.63) is 29.8 Å². The van der Waals surface area contributed by atoms with Gasteiger partial charge in [-0.05, 0) is 24.3 Å². The van der Waals surface area contributed by atoms with Gasteiger partial charge in [-0.1, -0.05) is 0 Å². The number of carbonyl (C=O) groups excluding carboxylic acids is 3. The summed E-state index contributed by atoms with van der Waals surface area (Å²) in [4.78, 5) is 32.2. The number of hydrogen-bond donors (Lipinski definition) is 4. The molecule has 0 aliphatic rings. The molecule has 7 heteroatoms. The Balaban J connectivity index is 2.50. The Morgan fingerprint density at radius 1 is 1.06 bits per heavy atom. The molecule has 0 atom stereocenters. The molecule has 4 amide bonds. The van der Waals surface area contributed by atoms with Crippen LogP contribution < -0.4 is 22.1 Å². The SMILES string of the molecule is NC(=O)NC(=O)CNc1ccc(C(N)=O)cc1. The van der Waals surface area contributed by atoms with Gasteiger partial charge >= 0.3 is 6.03 Å². The largest absolute Gasteiger partial charge is 0.376 e. The third kappa shape index (κ3) is 4.20. The van der Waals surface area contributed by atoms with E-state index in [1.807, 2.05) is 5.32 Å². The van der Waals surface area contributed by atoms with Gasteiger partial charge in [-0.2, -0.15) is 0 Å². The van der Waals surface area contributed by atoms with Crippen LogP contribution in [0, 0.1) is 0 Å². The lowest BCUT2D eigenvalue weighted by molar-refractivity contribution is -0.118. The van der Waals surface area contributed by atoms with Gasteiger partial charge in [0, 0.05) is 11.3 Å². The van der Waals surface area contributed by atoms with Crippen LogP contribution in [0.3, 0.4) is 0 Å². The Labute approximate surface area is 97.2 Å². The molecule has 0 bridgehead atoms. The quantitative estimate of drug-likeness (QED) is 0.556. The molecule has 0 aliphatic heterocycles. The molecule has 0 heterocycles. The summed E-state index contributed by atoms with van der Waals surface area (Å²) < 4.78 is 0. The van der Waals surface area contributed by atoms with E-state index in [1.54, 1.807) is 12.1 Å². The molecule has 1 aromatic carbocycles. The summed E-state index contributed by atoms with van der Waals surface area (Å²) in [6, 6.07) is 5.34. The summed E-state index contributed by atoms with van der Waals surface area (Å²) in [6.45, 7) is -0.0984. The summed E-state index contributed by atoms with van der Waals surface area (Å²) in [5, 5.41) is 4.65. The second-order valence-electron chi connectivity index (χ2n) is 3.21. The third-order valence-electron chi connectivity index (χ3n) is 1.89. The zero-order valence-electron chi connectivity index (χ0n) is 8.90. The highest BCUT2D eigenvalue weighted by atomic mass is 16.2. The molecule has 0 fully saturated rings. The lowest BCUT2D eigenvalue weighted by Gasteiger charge is -2.05. The maximum Gasteiger partial charge on any atom is 0.318 e. The first kappa shape index (κ1) is 12.5. The van der Waals surface area contributed by atoms with Crippen molar-refractivity contribution >= 4 is 23.5 Å². The number of imide groups is 1. The number of urea groups is 1. The number of amides is 4. The topological polar surface area (TPSA) is 127 Å². The number of primary amides is 2. The molecule has 0 aliphatic carbocycles. The van der Waals surface area contributed by atoms with Crippen molar-refractivity contribution in [2.75, 3.05) is 11.9 Å². The van der Waals surface area contributed by atoms with Crippen molar-refractivity contribution in [2.45, 2.75) is 0 Å². The van der Waals surface area contributed by atoms with Crippen LogP contribution in [0.1, 0.15) is 10.4 Å². The van der Waals surface area contributed by atoms with Crippen LogP contribution in [0.15, 0.2) is 24.3 Å². The van der Waals surface area contributed by atoms with E-state index in [4.69, 9.17) is 11.5 Å². The fourth-order valence-corrected chi connectivity index (χ4v) is 1.12. The first-order valence-electron chi connectivity index (χ1n) is 4.72. The second kappa shape index (κ2) is 5.50. The maximum atomic E-state index is 11.1. The highest BCUT2D eigenvalue weighted by Gasteiger charge is 2.04. The molecule has 6 N–H and O–H groups in total. The molecule has 17 heavy (non-hydrogen) atoms. The minimum atomic E-state index is -0.902. The van der Waals surface area contributed by atoms with Crippen LogP contribution in [-0.2, 0) is 4.79 Å². The standard InChI is InChI=1S/C10H12N4O3/c11-9(16)6-1-3-7(4-2-6)13-5-8(15)14-10(12)17/h1-4,13H,5H2,(H2,11,16)(H3,12,14,15,17). The van der Waals surface area contributed by atoms with Crippen LogP contribution in [0.25, 0.3) is 0 Å². The van der Waals surface area contributed by atoms with Gasteiger partial charge in [0.2, 0.25) is 11.8 Å². The first-order valence-corrected chi connectivity index (χ1v) is 4.72. The number of benzene rings is 1. The second-order valence-corrected chi connectivity index (χ2v) is 3.21. The Morgan fingerprint density at radius 3 is 2.12 bits per heavy atom. The Morgan fingerprint density at radius 2 is 1.65 bits per heavy atom. The highest BCUT2D eigenvalue weighted by Crippen LogP contribution is 2.08. The van der Waals surface area contributed by atoms with Crippen molar-refractivity contribution in [3.63, 3.8) is 0 Å². The van der Waals surface area contributed by atoms with E-state index in [2.05, 4.69) is 5.32 Å². The number of nitrogens with one attached hydrogen (secondary N) is 2. The lowest BCUT2D eigenvalue weighted by atomic mass is 10.2. The molecule has 1 rings (SSSR count). The molecule has 0 saturated heterocycles. The smallest absolute Gasteiger partial charge is 0.318 e. The lowest BCUT2D eigenvalue weighted by Crippen LogP contribution is -2.38. The van der Waals surface area contributed by atoms with Crippen molar-refractivity contribution < 1.29 is 14.4 Å². The highest BCUT2D eigenvalue weighted by molar-refractivity contribution is 5.95. The van der Waals surface area contributed by atoms with Crippen molar-refractivity contribution in [3.8, 4) is 0 Å². The fraction of sp³-hybridized carbons (Fsp3) is 0.100. The summed E-state index contributed by atoms with van der Waals surface area (Å²) in [6.07, 6.45) is 0. The van der Waals surface area contributed by atoms with E-state index in [9.17, 15) is 14.4 Å². The summed E-state index contributed by atoms with van der Waals surface area (Å²) in [5.74, 6) is -1.07. The van der Waals surface area contributed by atoms with Crippen LogP contribution in [0.4, 0.5) is 10.5 Å². The van der Waals surface area contributed by atoms with Crippen LogP contribution in [-0.4, -0.2) is 24.4 Å². The van der Waals surface area contributed by atoms with Crippen LogP contribution in [0.5, 0.6) is 0 Å². The average molecular weight is 236 g/mol. The van der Waals surface area contributed by atoms with E-state index < -0.39 is 17.8 Å². The zero-order chi connectivity index (χ0) is 12.8. The van der Waals surface area contributed by atoms with Crippen molar-refractivity contribution in [1.82, 2.24) is 5.32 Å². The van der Waals surface area contributed by atoms with Gasteiger partial charge in [0.05, 0.1) is 6.54 Å². The predicted molar refractivity (Wildman–Crippen MR) is 61.2 cm³/mol. The number of carbonyl (C=O) groups is 3. The molecule has 0 radical (unpaired) electrons. The first-order chi connectivity index (χ1) is 7.99. The molecular formula is C10H12N4O3. The molecule has 0 aromatic heterocycles. The number of anilines is 1. The number of rotatable bonds is 4. The molecule has 0 spiro atoms. The van der Waals surface area contributed by atoms with E-state index in [-0.39, 0.29) is 6.54 Å². The van der Waals surface area contributed by atoms with Crippen molar-refractivity contribution in [2.24, 2.45) is 11.5 Å². The monoisotopic (exact) mass is 236 g/mol. The average Bonchev–Trinajstić information content (AvgIpc) is 2.26. The van der Waals surface area contributed by atoms with Gasteiger partial charge in [-0.3, -0.25) is 14.9 Å². The minimum Gasteiger partial charge on any atom is -0.376 e. The predicted octanol–water partition coefficient (Wildman–Crippen LogP) is -0.608. The van der Waals surface area contributed by atoms with Gasteiger partial charge < -0.3 is 16.8 Å². The molecule has 1 aromatic rings. The van der Waals surface area contributed by atoms with Crippen molar-refractivity contribution in [1.29, 1.82) is 0 Å². The van der Waals surface area contributed by atoms with Crippen LogP contribution in [0.2, 0.25) is 0 Å². The summed E-state index contributed by atoms with van der Waals surface area (Å²) in [7, 11) is 0. The summed E-state index contributed by atoms with van der Waals surface area (Å²) >= 11 is 0. The Kier molecular flexibility index (Phi) is 4.04. The maximum absolute atomic E-state index is 11.1. The van der Waals surface area contributed by atoms with Gasteiger partial charge in [0.1, 0.15) is 0 Å². The van der Waals surface area contributed by atoms with E-state index in [1.165, 1.54) is 12.1 Å². The Bertz CT molecular complexity index is 441. The minimum absolute atomic E-state index is 0.0984. The Hall–Kier alpha value is -2.57. The molecule has 90 valence electrons.